The summed E-state index contributed by atoms with van der Waals surface area (Å²) >= 11 is 7.65. The Morgan fingerprint density at radius 2 is 2.00 bits per heavy atom. The quantitative estimate of drug-likeness (QED) is 0.428. The van der Waals surface area contributed by atoms with E-state index < -0.39 is 0 Å². The molecular weight excluding hydrogens is 406 g/mol. The Labute approximate surface area is 177 Å². The van der Waals surface area contributed by atoms with Crippen molar-refractivity contribution in [1.82, 2.24) is 14.9 Å². The lowest BCUT2D eigenvalue weighted by molar-refractivity contribution is 0.0703. The van der Waals surface area contributed by atoms with Crippen molar-refractivity contribution < 1.29 is 9.21 Å². The SMILES string of the molecule is O=C(c1cnc(-c2ccccc2Cl)s1)N1CCCC(c2nc3ccccc3o2)C1. The number of amides is 1. The van der Waals surface area contributed by atoms with E-state index in [0.717, 1.165) is 41.1 Å². The third-order valence-corrected chi connectivity index (χ3v) is 6.54. The van der Waals surface area contributed by atoms with Crippen molar-refractivity contribution in [1.29, 1.82) is 0 Å². The highest BCUT2D eigenvalue weighted by Gasteiger charge is 2.29. The number of thiazole rings is 1. The highest BCUT2D eigenvalue weighted by Crippen LogP contribution is 2.33. The predicted molar refractivity (Wildman–Crippen MR) is 114 cm³/mol. The number of halogens is 1. The summed E-state index contributed by atoms with van der Waals surface area (Å²) in [6.07, 6.45) is 3.53. The Hall–Kier alpha value is -2.70. The van der Waals surface area contributed by atoms with Gasteiger partial charge in [0.05, 0.1) is 17.1 Å². The van der Waals surface area contributed by atoms with Crippen LogP contribution in [0.15, 0.2) is 59.1 Å². The molecule has 2 aromatic heterocycles. The monoisotopic (exact) mass is 423 g/mol. The maximum atomic E-state index is 13.1. The summed E-state index contributed by atoms with van der Waals surface area (Å²) in [7, 11) is 0. The van der Waals surface area contributed by atoms with Crippen LogP contribution >= 0.6 is 22.9 Å². The summed E-state index contributed by atoms with van der Waals surface area (Å²) in [6, 6.07) is 15.3. The zero-order chi connectivity index (χ0) is 19.8. The number of rotatable bonds is 3. The molecule has 1 aliphatic heterocycles. The standard InChI is InChI=1S/C22H18ClN3O2S/c23-16-8-2-1-7-15(16)21-24-12-19(29-21)22(27)26-11-5-6-14(13-26)20-25-17-9-3-4-10-18(17)28-20/h1-4,7-10,12,14H,5-6,11,13H2. The molecule has 0 saturated carbocycles. The van der Waals surface area contributed by atoms with E-state index in [0.29, 0.717) is 22.3 Å². The third-order valence-electron chi connectivity index (χ3n) is 5.19. The molecule has 146 valence electrons. The van der Waals surface area contributed by atoms with E-state index in [4.69, 9.17) is 16.0 Å². The lowest BCUT2D eigenvalue weighted by atomic mass is 9.98. The van der Waals surface area contributed by atoms with Gasteiger partial charge in [0.1, 0.15) is 15.4 Å². The largest absolute Gasteiger partial charge is 0.440 e. The van der Waals surface area contributed by atoms with Crippen molar-refractivity contribution in [2.75, 3.05) is 13.1 Å². The molecule has 7 heteroatoms. The maximum absolute atomic E-state index is 13.1. The number of oxazole rings is 1. The molecule has 0 aliphatic carbocycles. The van der Waals surface area contributed by atoms with E-state index in [1.54, 1.807) is 6.20 Å². The van der Waals surface area contributed by atoms with E-state index in [1.165, 1.54) is 11.3 Å². The van der Waals surface area contributed by atoms with Gasteiger partial charge in [-0.05, 0) is 31.0 Å². The van der Waals surface area contributed by atoms with Crippen molar-refractivity contribution in [3.63, 3.8) is 0 Å². The van der Waals surface area contributed by atoms with Crippen molar-refractivity contribution in [3.8, 4) is 10.6 Å². The number of likely N-dealkylation sites (tertiary alicyclic amines) is 1. The van der Waals surface area contributed by atoms with Crippen LogP contribution in [0.25, 0.3) is 21.7 Å². The summed E-state index contributed by atoms with van der Waals surface area (Å²) in [5.41, 5.74) is 2.50. The van der Waals surface area contributed by atoms with Crippen LogP contribution in [0, 0.1) is 0 Å². The van der Waals surface area contributed by atoms with Crippen LogP contribution in [0.4, 0.5) is 0 Å². The number of nitrogens with zero attached hydrogens (tertiary/aromatic N) is 3. The molecule has 2 aromatic carbocycles. The molecule has 5 rings (SSSR count). The molecule has 29 heavy (non-hydrogen) atoms. The van der Waals surface area contributed by atoms with Crippen LogP contribution in [0.2, 0.25) is 5.02 Å². The molecule has 0 bridgehead atoms. The molecule has 1 fully saturated rings. The number of piperidine rings is 1. The lowest BCUT2D eigenvalue weighted by Crippen LogP contribution is -2.38. The zero-order valence-corrected chi connectivity index (χ0v) is 17.1. The molecule has 4 aromatic rings. The highest BCUT2D eigenvalue weighted by atomic mass is 35.5. The predicted octanol–water partition coefficient (Wildman–Crippen LogP) is 5.62. The summed E-state index contributed by atoms with van der Waals surface area (Å²) in [6.45, 7) is 1.33. The van der Waals surface area contributed by atoms with Crippen LogP contribution in [-0.4, -0.2) is 33.9 Å². The first-order chi connectivity index (χ1) is 14.2. The first kappa shape index (κ1) is 18.3. The van der Waals surface area contributed by atoms with Crippen molar-refractivity contribution in [2.45, 2.75) is 18.8 Å². The van der Waals surface area contributed by atoms with Gasteiger partial charge in [-0.25, -0.2) is 9.97 Å². The third kappa shape index (κ3) is 3.54. The van der Waals surface area contributed by atoms with E-state index in [2.05, 4.69) is 9.97 Å². The molecule has 1 aliphatic rings. The average Bonchev–Trinajstić information content (AvgIpc) is 3.41. The van der Waals surface area contributed by atoms with Gasteiger partial charge in [0, 0.05) is 18.7 Å². The highest BCUT2D eigenvalue weighted by molar-refractivity contribution is 7.17. The fourth-order valence-corrected chi connectivity index (χ4v) is 4.92. The van der Waals surface area contributed by atoms with Crippen LogP contribution in [0.3, 0.4) is 0 Å². The number of benzene rings is 2. The maximum Gasteiger partial charge on any atom is 0.265 e. The molecule has 0 N–H and O–H groups in total. The Kier molecular flexibility index (Phi) is 4.81. The zero-order valence-electron chi connectivity index (χ0n) is 15.5. The number of fused-ring (bicyclic) bond motifs is 1. The second kappa shape index (κ2) is 7.61. The number of para-hydroxylation sites is 2. The minimum Gasteiger partial charge on any atom is -0.440 e. The Morgan fingerprint density at radius 1 is 1.17 bits per heavy atom. The molecule has 0 radical (unpaired) electrons. The summed E-state index contributed by atoms with van der Waals surface area (Å²) in [4.78, 5) is 24.6. The minimum absolute atomic E-state index is 0.00150. The molecule has 5 nitrogen and oxygen atoms in total. The second-order valence-corrected chi connectivity index (χ2v) is 8.56. The summed E-state index contributed by atoms with van der Waals surface area (Å²) in [5, 5.41) is 1.39. The van der Waals surface area contributed by atoms with Gasteiger partial charge in [-0.1, -0.05) is 41.9 Å². The molecule has 1 amide bonds. The van der Waals surface area contributed by atoms with Gasteiger partial charge in [-0.3, -0.25) is 4.79 Å². The second-order valence-electron chi connectivity index (χ2n) is 7.12. The topological polar surface area (TPSA) is 59.2 Å². The smallest absolute Gasteiger partial charge is 0.265 e. The summed E-state index contributed by atoms with van der Waals surface area (Å²) in [5.74, 6) is 0.822. The number of aromatic nitrogens is 2. The van der Waals surface area contributed by atoms with E-state index in [1.807, 2.05) is 53.4 Å². The molecule has 1 unspecified atom stereocenters. The number of carbonyl (C=O) groups is 1. The fourth-order valence-electron chi connectivity index (χ4n) is 3.72. The average molecular weight is 424 g/mol. The van der Waals surface area contributed by atoms with Gasteiger partial charge in [-0.2, -0.15) is 0 Å². The van der Waals surface area contributed by atoms with Crippen LogP contribution in [0.5, 0.6) is 0 Å². The molecule has 1 atom stereocenters. The molecule has 3 heterocycles. The van der Waals surface area contributed by atoms with Gasteiger partial charge >= 0.3 is 0 Å². The first-order valence-corrected chi connectivity index (χ1v) is 10.7. The van der Waals surface area contributed by atoms with Crippen LogP contribution in [0.1, 0.15) is 34.3 Å². The number of hydrogen-bond donors (Lipinski definition) is 0. The summed E-state index contributed by atoms with van der Waals surface area (Å²) < 4.78 is 5.94. The van der Waals surface area contributed by atoms with Gasteiger partial charge in [0.15, 0.2) is 11.5 Å². The first-order valence-electron chi connectivity index (χ1n) is 9.54. The van der Waals surface area contributed by atoms with E-state index in [9.17, 15) is 4.79 Å². The van der Waals surface area contributed by atoms with Crippen molar-refractivity contribution >= 4 is 39.9 Å². The number of carbonyl (C=O) groups excluding carboxylic acids is 1. The number of hydrogen-bond acceptors (Lipinski definition) is 5. The van der Waals surface area contributed by atoms with Gasteiger partial charge in [0.25, 0.3) is 5.91 Å². The Bertz CT molecular complexity index is 1150. The fraction of sp³-hybridized carbons (Fsp3) is 0.227. The lowest BCUT2D eigenvalue weighted by Gasteiger charge is -2.30. The Morgan fingerprint density at radius 3 is 2.86 bits per heavy atom. The van der Waals surface area contributed by atoms with E-state index >= 15 is 0 Å². The Balaban J connectivity index is 1.35. The van der Waals surface area contributed by atoms with E-state index in [-0.39, 0.29) is 11.8 Å². The van der Waals surface area contributed by atoms with Gasteiger partial charge in [0.2, 0.25) is 0 Å². The van der Waals surface area contributed by atoms with Crippen molar-refractivity contribution in [3.05, 3.63) is 70.5 Å². The van der Waals surface area contributed by atoms with Gasteiger partial charge in [-0.15, -0.1) is 11.3 Å². The van der Waals surface area contributed by atoms with Gasteiger partial charge < -0.3 is 9.32 Å². The molecule has 1 saturated heterocycles. The van der Waals surface area contributed by atoms with Crippen LogP contribution < -0.4 is 0 Å². The minimum atomic E-state index is 0.00150. The normalized spacial score (nSPS) is 17.0. The molecule has 0 spiro atoms. The molecular formula is C22H18ClN3O2S. The van der Waals surface area contributed by atoms with Crippen molar-refractivity contribution in [2.24, 2.45) is 0 Å². The van der Waals surface area contributed by atoms with Crippen LogP contribution in [-0.2, 0) is 0 Å².